The number of nitrogens with two attached hydrogens (primary N) is 1. The van der Waals surface area contributed by atoms with Crippen molar-refractivity contribution >= 4 is 21.5 Å². The van der Waals surface area contributed by atoms with Gasteiger partial charge in [-0.05, 0) is 26.0 Å². The van der Waals surface area contributed by atoms with Crippen LogP contribution in [0, 0.1) is 6.92 Å². The average molecular weight is 284 g/mol. The Labute approximate surface area is 112 Å². The van der Waals surface area contributed by atoms with E-state index in [9.17, 15) is 13.2 Å². The molecule has 0 aliphatic carbocycles. The number of aryl methyl sites for hydroxylation is 1. The van der Waals surface area contributed by atoms with Crippen LogP contribution in [0.25, 0.3) is 0 Å². The van der Waals surface area contributed by atoms with Crippen molar-refractivity contribution in [2.75, 3.05) is 12.4 Å². The van der Waals surface area contributed by atoms with Gasteiger partial charge in [-0.3, -0.25) is 0 Å². The number of carbonyl (C=O) groups is 1. The molecule has 0 saturated carbocycles. The molecule has 7 heteroatoms. The van der Waals surface area contributed by atoms with Crippen LogP contribution in [0.2, 0.25) is 0 Å². The van der Waals surface area contributed by atoms with E-state index < -0.39 is 21.6 Å². The predicted octanol–water partition coefficient (Wildman–Crippen LogP) is 0.647. The SMILES string of the molecule is CCOC(=O)/C(CS(=O)(=O)c1ccc(C)cc1)=N\N. The van der Waals surface area contributed by atoms with Gasteiger partial charge in [-0.2, -0.15) is 5.10 Å². The van der Waals surface area contributed by atoms with Crippen LogP contribution >= 0.6 is 0 Å². The number of hydrogen-bond acceptors (Lipinski definition) is 6. The fraction of sp³-hybridized carbons (Fsp3) is 0.333. The van der Waals surface area contributed by atoms with Gasteiger partial charge in [0.2, 0.25) is 0 Å². The van der Waals surface area contributed by atoms with Crippen LogP contribution in [-0.2, 0) is 19.4 Å². The highest BCUT2D eigenvalue weighted by Crippen LogP contribution is 2.12. The van der Waals surface area contributed by atoms with Crippen LogP contribution in [0.3, 0.4) is 0 Å². The average Bonchev–Trinajstić information content (AvgIpc) is 2.36. The quantitative estimate of drug-likeness (QED) is 0.370. The van der Waals surface area contributed by atoms with Crippen LogP contribution in [0.5, 0.6) is 0 Å². The molecular formula is C12H16N2O4S. The smallest absolute Gasteiger partial charge is 0.355 e. The summed E-state index contributed by atoms with van der Waals surface area (Å²) in [6.07, 6.45) is 0. The number of carbonyl (C=O) groups excluding carboxylic acids is 1. The normalized spacial score (nSPS) is 12.2. The lowest BCUT2D eigenvalue weighted by atomic mass is 10.2. The fourth-order valence-electron chi connectivity index (χ4n) is 1.37. The second-order valence-electron chi connectivity index (χ2n) is 3.87. The summed E-state index contributed by atoms with van der Waals surface area (Å²) < 4.78 is 28.8. The Kier molecular flexibility index (Phi) is 5.05. The molecule has 0 aromatic heterocycles. The van der Waals surface area contributed by atoms with Crippen molar-refractivity contribution in [3.05, 3.63) is 29.8 Å². The standard InChI is InChI=1S/C12H16N2O4S/c1-3-18-12(15)11(14-13)8-19(16,17)10-6-4-9(2)5-7-10/h4-7H,3,8,13H2,1-2H3/b14-11-. The minimum atomic E-state index is -3.66. The monoisotopic (exact) mass is 284 g/mol. The molecule has 0 amide bonds. The molecule has 0 heterocycles. The topological polar surface area (TPSA) is 98.8 Å². The van der Waals surface area contributed by atoms with Gasteiger partial charge in [0.05, 0.1) is 11.5 Å². The third-order valence-electron chi connectivity index (χ3n) is 2.37. The molecular weight excluding hydrogens is 268 g/mol. The van der Waals surface area contributed by atoms with E-state index in [2.05, 4.69) is 9.84 Å². The van der Waals surface area contributed by atoms with Gasteiger partial charge < -0.3 is 10.6 Å². The lowest BCUT2D eigenvalue weighted by Gasteiger charge is -2.06. The maximum atomic E-state index is 12.1. The predicted molar refractivity (Wildman–Crippen MR) is 71.5 cm³/mol. The summed E-state index contributed by atoms with van der Waals surface area (Å²) in [6, 6.07) is 6.31. The van der Waals surface area contributed by atoms with Gasteiger partial charge in [0.1, 0.15) is 5.75 Å². The molecule has 1 aromatic rings. The molecule has 1 aromatic carbocycles. The Morgan fingerprint density at radius 2 is 1.89 bits per heavy atom. The first-order valence-electron chi connectivity index (χ1n) is 5.64. The number of hydrazone groups is 1. The lowest BCUT2D eigenvalue weighted by Crippen LogP contribution is -2.27. The zero-order valence-electron chi connectivity index (χ0n) is 10.8. The minimum Gasteiger partial charge on any atom is -0.461 e. The molecule has 0 radical (unpaired) electrons. The van der Waals surface area contributed by atoms with E-state index in [1.54, 1.807) is 19.1 Å². The summed E-state index contributed by atoms with van der Waals surface area (Å²) >= 11 is 0. The number of esters is 1. The summed E-state index contributed by atoms with van der Waals surface area (Å²) in [5, 5.41) is 3.20. The van der Waals surface area contributed by atoms with Gasteiger partial charge in [-0.15, -0.1) is 0 Å². The molecule has 0 atom stereocenters. The molecule has 1 rings (SSSR count). The van der Waals surface area contributed by atoms with Gasteiger partial charge >= 0.3 is 5.97 Å². The third kappa shape index (κ3) is 4.06. The van der Waals surface area contributed by atoms with Crippen molar-refractivity contribution in [1.82, 2.24) is 0 Å². The molecule has 104 valence electrons. The van der Waals surface area contributed by atoms with Gasteiger partial charge in [-0.25, -0.2) is 13.2 Å². The molecule has 0 bridgehead atoms. The van der Waals surface area contributed by atoms with Crippen LogP contribution in [-0.4, -0.2) is 32.5 Å². The van der Waals surface area contributed by atoms with Crippen molar-refractivity contribution in [3.63, 3.8) is 0 Å². The van der Waals surface area contributed by atoms with Crippen molar-refractivity contribution < 1.29 is 17.9 Å². The summed E-state index contributed by atoms with van der Waals surface area (Å²) in [7, 11) is -3.66. The van der Waals surface area contributed by atoms with E-state index in [1.807, 2.05) is 6.92 Å². The number of rotatable bonds is 5. The Morgan fingerprint density at radius 3 is 2.37 bits per heavy atom. The first-order chi connectivity index (χ1) is 8.90. The molecule has 0 saturated heterocycles. The van der Waals surface area contributed by atoms with Crippen molar-refractivity contribution in [1.29, 1.82) is 0 Å². The van der Waals surface area contributed by atoms with Crippen LogP contribution in [0.4, 0.5) is 0 Å². The Bertz CT molecular complexity index is 576. The highest BCUT2D eigenvalue weighted by atomic mass is 32.2. The Hall–Kier alpha value is -1.89. The number of sulfone groups is 1. The van der Waals surface area contributed by atoms with Gasteiger partial charge in [0.25, 0.3) is 0 Å². The zero-order valence-corrected chi connectivity index (χ0v) is 11.6. The maximum Gasteiger partial charge on any atom is 0.355 e. The number of benzene rings is 1. The van der Waals surface area contributed by atoms with E-state index in [4.69, 9.17) is 5.84 Å². The molecule has 0 aliphatic rings. The van der Waals surface area contributed by atoms with E-state index in [0.717, 1.165) is 5.56 Å². The van der Waals surface area contributed by atoms with E-state index in [-0.39, 0.29) is 17.2 Å². The van der Waals surface area contributed by atoms with Crippen molar-refractivity contribution in [3.8, 4) is 0 Å². The fourth-order valence-corrected chi connectivity index (χ4v) is 2.64. The van der Waals surface area contributed by atoms with Crippen LogP contribution in [0.1, 0.15) is 12.5 Å². The van der Waals surface area contributed by atoms with E-state index in [1.165, 1.54) is 12.1 Å². The summed E-state index contributed by atoms with van der Waals surface area (Å²) in [5.41, 5.74) is 0.625. The zero-order chi connectivity index (χ0) is 14.5. The first kappa shape index (κ1) is 15.2. The highest BCUT2D eigenvalue weighted by Gasteiger charge is 2.23. The third-order valence-corrected chi connectivity index (χ3v) is 4.02. The lowest BCUT2D eigenvalue weighted by molar-refractivity contribution is -0.135. The van der Waals surface area contributed by atoms with Crippen molar-refractivity contribution in [2.24, 2.45) is 10.9 Å². The summed E-state index contributed by atoms with van der Waals surface area (Å²) in [6.45, 7) is 3.59. The van der Waals surface area contributed by atoms with Crippen LogP contribution < -0.4 is 5.84 Å². The van der Waals surface area contributed by atoms with Crippen LogP contribution in [0.15, 0.2) is 34.3 Å². The van der Waals surface area contributed by atoms with E-state index >= 15 is 0 Å². The first-order valence-corrected chi connectivity index (χ1v) is 7.29. The molecule has 0 fully saturated rings. The van der Waals surface area contributed by atoms with Gasteiger partial charge in [-0.1, -0.05) is 17.7 Å². The summed E-state index contributed by atoms with van der Waals surface area (Å²) in [5.74, 6) is 3.64. The molecule has 2 N–H and O–H groups in total. The Balaban J connectivity index is 2.96. The second kappa shape index (κ2) is 6.33. The minimum absolute atomic E-state index is 0.114. The molecule has 6 nitrogen and oxygen atoms in total. The summed E-state index contributed by atoms with van der Waals surface area (Å²) in [4.78, 5) is 11.6. The molecule has 0 aliphatic heterocycles. The number of nitrogens with zero attached hydrogens (tertiary/aromatic N) is 1. The number of hydrogen-bond donors (Lipinski definition) is 1. The maximum absolute atomic E-state index is 12.1. The Morgan fingerprint density at radius 1 is 1.32 bits per heavy atom. The van der Waals surface area contributed by atoms with Gasteiger partial charge in [0.15, 0.2) is 15.5 Å². The van der Waals surface area contributed by atoms with E-state index in [0.29, 0.717) is 0 Å². The second-order valence-corrected chi connectivity index (χ2v) is 5.86. The number of ether oxygens (including phenoxy) is 1. The van der Waals surface area contributed by atoms with Gasteiger partial charge in [0, 0.05) is 0 Å². The molecule has 19 heavy (non-hydrogen) atoms. The molecule has 0 unspecified atom stereocenters. The molecule has 0 spiro atoms. The largest absolute Gasteiger partial charge is 0.461 e. The highest BCUT2D eigenvalue weighted by molar-refractivity contribution is 7.92. The van der Waals surface area contributed by atoms with Crippen molar-refractivity contribution in [2.45, 2.75) is 18.7 Å².